The molecule has 0 saturated heterocycles. The second-order valence-electron chi connectivity index (χ2n) is 3.85. The predicted octanol–water partition coefficient (Wildman–Crippen LogP) is 4.29. The molecule has 0 aliphatic carbocycles. The van der Waals surface area contributed by atoms with Crippen LogP contribution < -0.4 is 5.32 Å². The summed E-state index contributed by atoms with van der Waals surface area (Å²) in [6.45, 7) is 2.18. The second-order valence-corrected chi connectivity index (χ2v) is 5.92. The van der Waals surface area contributed by atoms with Crippen LogP contribution in [0.15, 0.2) is 41.3 Å². The maximum atomic E-state index is 3.52. The van der Waals surface area contributed by atoms with E-state index in [4.69, 9.17) is 0 Å². The van der Waals surface area contributed by atoms with Crippen LogP contribution in [0.2, 0.25) is 0 Å². The van der Waals surface area contributed by atoms with Gasteiger partial charge in [0.15, 0.2) is 0 Å². The van der Waals surface area contributed by atoms with Gasteiger partial charge in [0.05, 0.1) is 5.69 Å². The SMILES string of the molecule is CC1=S(C)c2ccc3ccccc3c2N1.I. The summed E-state index contributed by atoms with van der Waals surface area (Å²) in [5.74, 6) is 0. The normalized spacial score (nSPS) is 17.9. The summed E-state index contributed by atoms with van der Waals surface area (Å²) in [5, 5.41) is 6.17. The summed E-state index contributed by atoms with van der Waals surface area (Å²) in [4.78, 5) is 2.83. The summed E-state index contributed by atoms with van der Waals surface area (Å²) in [7, 11) is 0.257. The molecular weight excluding hydrogens is 329 g/mol. The third kappa shape index (κ3) is 1.66. The van der Waals surface area contributed by atoms with Gasteiger partial charge in [-0.05, 0) is 24.6 Å². The number of halogens is 1. The Kier molecular flexibility index (Phi) is 3.26. The van der Waals surface area contributed by atoms with Gasteiger partial charge in [0.25, 0.3) is 0 Å². The molecule has 1 aliphatic rings. The largest absolute Gasteiger partial charge is 0.353 e. The second kappa shape index (κ2) is 4.37. The van der Waals surface area contributed by atoms with E-state index in [1.807, 2.05) is 0 Å². The van der Waals surface area contributed by atoms with Crippen molar-refractivity contribution in [2.75, 3.05) is 11.6 Å². The highest BCUT2D eigenvalue weighted by molar-refractivity contribution is 14.0. The highest BCUT2D eigenvalue weighted by Crippen LogP contribution is 2.41. The van der Waals surface area contributed by atoms with Crippen LogP contribution in [-0.2, 0) is 0 Å². The molecule has 84 valence electrons. The monoisotopic (exact) mass is 343 g/mol. The summed E-state index contributed by atoms with van der Waals surface area (Å²) in [6.07, 6.45) is 2.28. The zero-order chi connectivity index (χ0) is 10.4. The van der Waals surface area contributed by atoms with Crippen LogP contribution in [-0.4, -0.2) is 11.2 Å². The Bertz CT molecular complexity index is 590. The summed E-state index contributed by atoms with van der Waals surface area (Å²) < 4.78 is 0. The molecule has 3 rings (SSSR count). The molecule has 0 radical (unpaired) electrons. The van der Waals surface area contributed by atoms with Crippen LogP contribution in [0.25, 0.3) is 10.8 Å². The minimum Gasteiger partial charge on any atom is -0.353 e. The third-order valence-corrected chi connectivity index (χ3v) is 5.00. The van der Waals surface area contributed by atoms with Crippen molar-refractivity contribution in [1.82, 2.24) is 0 Å². The Morgan fingerprint density at radius 1 is 1.06 bits per heavy atom. The van der Waals surface area contributed by atoms with E-state index < -0.39 is 0 Å². The van der Waals surface area contributed by atoms with Gasteiger partial charge in [-0.1, -0.05) is 30.3 Å². The molecule has 1 atom stereocenters. The average molecular weight is 343 g/mol. The molecule has 1 unspecified atom stereocenters. The van der Waals surface area contributed by atoms with Crippen molar-refractivity contribution in [1.29, 1.82) is 0 Å². The Morgan fingerprint density at radius 2 is 1.81 bits per heavy atom. The van der Waals surface area contributed by atoms with Crippen molar-refractivity contribution in [3.05, 3.63) is 36.4 Å². The van der Waals surface area contributed by atoms with Crippen molar-refractivity contribution in [3.8, 4) is 0 Å². The zero-order valence-electron chi connectivity index (χ0n) is 9.28. The number of hydrogen-bond donors (Lipinski definition) is 1. The van der Waals surface area contributed by atoms with E-state index in [2.05, 4.69) is 54.9 Å². The standard InChI is InChI=1S/C13H13NS.HI/c1-9-14-13-11-6-4-3-5-10(11)7-8-12(13)15(9)2;/h3-8,14H,1-2H3;1H. The van der Waals surface area contributed by atoms with Gasteiger partial charge < -0.3 is 5.32 Å². The molecule has 0 bridgehead atoms. The smallest absolute Gasteiger partial charge is 0.0599 e. The molecule has 2 aromatic rings. The van der Waals surface area contributed by atoms with Crippen molar-refractivity contribution in [2.45, 2.75) is 11.8 Å². The lowest BCUT2D eigenvalue weighted by Crippen LogP contribution is -2.00. The van der Waals surface area contributed by atoms with Crippen LogP contribution >= 0.6 is 34.5 Å². The maximum Gasteiger partial charge on any atom is 0.0599 e. The van der Waals surface area contributed by atoms with Gasteiger partial charge in [0.2, 0.25) is 0 Å². The first kappa shape index (κ1) is 11.9. The molecule has 0 fully saturated rings. The number of benzene rings is 2. The minimum atomic E-state index is 0. The minimum absolute atomic E-state index is 0. The van der Waals surface area contributed by atoms with Gasteiger partial charge in [0.1, 0.15) is 0 Å². The van der Waals surface area contributed by atoms with E-state index >= 15 is 0 Å². The molecule has 0 spiro atoms. The van der Waals surface area contributed by atoms with Gasteiger partial charge >= 0.3 is 0 Å². The maximum absolute atomic E-state index is 3.52. The highest BCUT2D eigenvalue weighted by atomic mass is 127. The number of hydrogen-bond acceptors (Lipinski definition) is 1. The molecule has 1 N–H and O–H groups in total. The zero-order valence-corrected chi connectivity index (χ0v) is 12.4. The highest BCUT2D eigenvalue weighted by Gasteiger charge is 2.16. The van der Waals surface area contributed by atoms with Gasteiger partial charge in [-0.15, -0.1) is 34.5 Å². The van der Waals surface area contributed by atoms with Crippen molar-refractivity contribution >= 4 is 55.9 Å². The predicted molar refractivity (Wildman–Crippen MR) is 85.4 cm³/mol. The van der Waals surface area contributed by atoms with E-state index in [-0.39, 0.29) is 34.5 Å². The number of fused-ring (bicyclic) bond motifs is 3. The molecular formula is C13H14INS. The first-order valence-electron chi connectivity index (χ1n) is 5.05. The van der Waals surface area contributed by atoms with Gasteiger partial charge in [-0.2, -0.15) is 0 Å². The number of nitrogens with one attached hydrogen (secondary N) is 1. The number of anilines is 1. The first-order valence-corrected chi connectivity index (χ1v) is 6.69. The Balaban J connectivity index is 0.000000963. The molecule has 0 amide bonds. The molecule has 0 aromatic heterocycles. The Labute approximate surface area is 115 Å². The fourth-order valence-corrected chi connectivity index (χ4v) is 3.38. The first-order chi connectivity index (χ1) is 7.27. The van der Waals surface area contributed by atoms with Gasteiger partial charge in [-0.25, -0.2) is 0 Å². The molecule has 2 aromatic carbocycles. The summed E-state index contributed by atoms with van der Waals surface area (Å²) in [5.41, 5.74) is 1.32. The van der Waals surface area contributed by atoms with Crippen LogP contribution in [0.1, 0.15) is 6.92 Å². The topological polar surface area (TPSA) is 12.0 Å². The Hall–Kier alpha value is -0.550. The van der Waals surface area contributed by atoms with Crippen molar-refractivity contribution in [3.63, 3.8) is 0 Å². The van der Waals surface area contributed by atoms with Crippen LogP contribution in [0.3, 0.4) is 0 Å². The van der Waals surface area contributed by atoms with Crippen LogP contribution in [0.5, 0.6) is 0 Å². The lowest BCUT2D eigenvalue weighted by Gasteiger charge is -2.06. The van der Waals surface area contributed by atoms with Crippen LogP contribution in [0.4, 0.5) is 5.69 Å². The fraction of sp³-hybridized carbons (Fsp3) is 0.154. The molecule has 1 nitrogen and oxygen atoms in total. The van der Waals surface area contributed by atoms with E-state index in [9.17, 15) is 0 Å². The third-order valence-electron chi connectivity index (χ3n) is 2.98. The van der Waals surface area contributed by atoms with Crippen molar-refractivity contribution in [2.24, 2.45) is 0 Å². The molecule has 0 saturated carbocycles. The molecule has 16 heavy (non-hydrogen) atoms. The van der Waals surface area contributed by atoms with Crippen LogP contribution in [0, 0.1) is 0 Å². The lowest BCUT2D eigenvalue weighted by molar-refractivity contribution is 1.50. The fourth-order valence-electron chi connectivity index (χ4n) is 2.05. The average Bonchev–Trinajstić information content (AvgIpc) is 2.56. The van der Waals surface area contributed by atoms with E-state index in [1.165, 1.54) is 26.3 Å². The molecule has 1 heterocycles. The van der Waals surface area contributed by atoms with Gasteiger partial charge in [-0.3, -0.25) is 0 Å². The van der Waals surface area contributed by atoms with Crippen molar-refractivity contribution < 1.29 is 0 Å². The Morgan fingerprint density at radius 3 is 2.62 bits per heavy atom. The van der Waals surface area contributed by atoms with Gasteiger partial charge in [0, 0.05) is 15.3 Å². The lowest BCUT2D eigenvalue weighted by atomic mass is 10.1. The molecule has 3 heteroatoms. The van der Waals surface area contributed by atoms with E-state index in [0.717, 1.165) is 0 Å². The quantitative estimate of drug-likeness (QED) is 0.556. The van der Waals surface area contributed by atoms with E-state index in [1.54, 1.807) is 0 Å². The van der Waals surface area contributed by atoms with E-state index in [0.29, 0.717) is 0 Å². The summed E-state index contributed by atoms with van der Waals surface area (Å²) >= 11 is 0. The molecule has 1 aliphatic heterocycles. The summed E-state index contributed by atoms with van der Waals surface area (Å²) in [6, 6.07) is 13.0. The number of rotatable bonds is 0.